The minimum absolute atomic E-state index is 0.0820. The van der Waals surface area contributed by atoms with E-state index in [0.29, 0.717) is 41.2 Å². The van der Waals surface area contributed by atoms with Crippen LogP contribution in [0.4, 0.5) is 5.69 Å². The topological polar surface area (TPSA) is 69.0 Å². The lowest BCUT2D eigenvalue weighted by Crippen LogP contribution is -2.29. The Morgan fingerprint density at radius 3 is 2.00 bits per heavy atom. The Kier molecular flexibility index (Phi) is 5.81. The molecule has 1 aromatic heterocycles. The van der Waals surface area contributed by atoms with Gasteiger partial charge in [0.25, 0.3) is 5.91 Å². The second-order valence-electron chi connectivity index (χ2n) is 8.61. The number of benzene rings is 3. The van der Waals surface area contributed by atoms with Crippen LogP contribution in [0.5, 0.6) is 11.5 Å². The van der Waals surface area contributed by atoms with Gasteiger partial charge < -0.3 is 13.9 Å². The summed E-state index contributed by atoms with van der Waals surface area (Å²) >= 11 is 0. The zero-order chi connectivity index (χ0) is 24.7. The minimum Gasteiger partial charge on any atom is -0.494 e. The van der Waals surface area contributed by atoms with Crippen molar-refractivity contribution in [2.75, 3.05) is 18.1 Å². The zero-order valence-electron chi connectivity index (χ0n) is 20.3. The summed E-state index contributed by atoms with van der Waals surface area (Å²) in [6.45, 7) is 8.86. The lowest BCUT2D eigenvalue weighted by Gasteiger charge is -2.25. The van der Waals surface area contributed by atoms with Gasteiger partial charge in [0.2, 0.25) is 5.76 Å². The van der Waals surface area contributed by atoms with Crippen molar-refractivity contribution in [3.05, 3.63) is 98.9 Å². The molecular weight excluding hydrogens is 442 g/mol. The van der Waals surface area contributed by atoms with E-state index in [4.69, 9.17) is 13.9 Å². The first-order valence-corrected chi connectivity index (χ1v) is 11.8. The van der Waals surface area contributed by atoms with Crippen LogP contribution in [0.2, 0.25) is 0 Å². The number of hydrogen-bond acceptors (Lipinski definition) is 5. The van der Waals surface area contributed by atoms with Crippen molar-refractivity contribution in [1.29, 1.82) is 0 Å². The van der Waals surface area contributed by atoms with Crippen molar-refractivity contribution < 1.29 is 18.7 Å². The number of carbonyl (C=O) groups is 1. The number of rotatable bonds is 6. The highest BCUT2D eigenvalue weighted by molar-refractivity contribution is 6.10. The van der Waals surface area contributed by atoms with Gasteiger partial charge >= 0.3 is 0 Å². The summed E-state index contributed by atoms with van der Waals surface area (Å²) in [5.41, 5.74) is 4.02. The van der Waals surface area contributed by atoms with E-state index in [0.717, 1.165) is 22.4 Å². The van der Waals surface area contributed by atoms with E-state index < -0.39 is 6.04 Å². The van der Waals surface area contributed by atoms with Gasteiger partial charge in [-0.2, -0.15) is 0 Å². The third-order valence-corrected chi connectivity index (χ3v) is 6.42. The average Bonchev–Trinajstić information content (AvgIpc) is 3.14. The molecule has 2 heterocycles. The Balaban J connectivity index is 1.72. The van der Waals surface area contributed by atoms with Gasteiger partial charge in [-0.3, -0.25) is 14.5 Å². The summed E-state index contributed by atoms with van der Waals surface area (Å²) in [6.07, 6.45) is 0. The number of carbonyl (C=O) groups excluding carboxylic acids is 1. The van der Waals surface area contributed by atoms with E-state index in [1.807, 2.05) is 88.4 Å². The lowest BCUT2D eigenvalue weighted by molar-refractivity contribution is 0.0971. The quantitative estimate of drug-likeness (QED) is 0.349. The molecule has 0 aliphatic carbocycles. The van der Waals surface area contributed by atoms with Crippen LogP contribution in [-0.4, -0.2) is 19.1 Å². The van der Waals surface area contributed by atoms with E-state index in [-0.39, 0.29) is 17.1 Å². The van der Waals surface area contributed by atoms with Crippen LogP contribution in [0.1, 0.15) is 52.7 Å². The third-order valence-electron chi connectivity index (χ3n) is 6.42. The van der Waals surface area contributed by atoms with Gasteiger partial charge in [0.05, 0.1) is 30.2 Å². The molecule has 3 aromatic carbocycles. The highest BCUT2D eigenvalue weighted by Crippen LogP contribution is 2.42. The number of anilines is 1. The largest absolute Gasteiger partial charge is 0.494 e. The van der Waals surface area contributed by atoms with Crippen LogP contribution < -0.4 is 19.8 Å². The van der Waals surface area contributed by atoms with Crippen molar-refractivity contribution in [2.24, 2.45) is 0 Å². The standard InChI is InChI=1S/C29H27NO5/c1-5-33-21-11-7-19(8-12-21)26-25-27(31)23-15-17(3)18(4)16-24(23)35-28(25)29(32)30(26)20-9-13-22(14-10-20)34-6-2/h7-16,26H,5-6H2,1-4H3. The van der Waals surface area contributed by atoms with Gasteiger partial charge in [-0.05, 0) is 92.9 Å². The molecule has 0 bridgehead atoms. The molecule has 0 saturated heterocycles. The maximum atomic E-state index is 13.8. The van der Waals surface area contributed by atoms with Crippen LogP contribution >= 0.6 is 0 Å². The van der Waals surface area contributed by atoms with Gasteiger partial charge in [0.15, 0.2) is 5.43 Å². The molecule has 0 fully saturated rings. The normalized spacial score (nSPS) is 14.9. The summed E-state index contributed by atoms with van der Waals surface area (Å²) in [5, 5.41) is 0.476. The lowest BCUT2D eigenvalue weighted by atomic mass is 9.97. The molecule has 0 spiro atoms. The van der Waals surface area contributed by atoms with E-state index >= 15 is 0 Å². The van der Waals surface area contributed by atoms with Crippen molar-refractivity contribution in [3.63, 3.8) is 0 Å². The van der Waals surface area contributed by atoms with Crippen molar-refractivity contribution in [1.82, 2.24) is 0 Å². The first-order valence-electron chi connectivity index (χ1n) is 11.8. The Hall–Kier alpha value is -4.06. The van der Waals surface area contributed by atoms with Crippen LogP contribution in [0.15, 0.2) is 69.9 Å². The van der Waals surface area contributed by atoms with Gasteiger partial charge in [-0.1, -0.05) is 12.1 Å². The molecule has 4 aromatic rings. The maximum absolute atomic E-state index is 13.8. The SMILES string of the molecule is CCOc1ccc(C2c3c(oc4cc(C)c(C)cc4c3=O)C(=O)N2c2ccc(OCC)cc2)cc1. The number of fused-ring (bicyclic) bond motifs is 2. The number of nitrogens with zero attached hydrogens (tertiary/aromatic N) is 1. The van der Waals surface area contributed by atoms with Crippen molar-refractivity contribution >= 4 is 22.6 Å². The highest BCUT2D eigenvalue weighted by Gasteiger charge is 2.43. The Morgan fingerprint density at radius 2 is 1.40 bits per heavy atom. The number of aryl methyl sites for hydroxylation is 2. The smallest absolute Gasteiger partial charge is 0.295 e. The fourth-order valence-electron chi connectivity index (χ4n) is 4.59. The minimum atomic E-state index is -0.631. The molecule has 178 valence electrons. The molecule has 1 amide bonds. The second kappa shape index (κ2) is 8.95. The summed E-state index contributed by atoms with van der Waals surface area (Å²) in [7, 11) is 0. The Labute approximate surface area is 203 Å². The number of amides is 1. The third kappa shape index (κ3) is 3.85. The zero-order valence-corrected chi connectivity index (χ0v) is 20.3. The van der Waals surface area contributed by atoms with E-state index in [9.17, 15) is 9.59 Å². The molecule has 1 aliphatic rings. The van der Waals surface area contributed by atoms with Gasteiger partial charge in [-0.25, -0.2) is 0 Å². The molecule has 6 nitrogen and oxygen atoms in total. The first-order chi connectivity index (χ1) is 16.9. The Morgan fingerprint density at radius 1 is 0.829 bits per heavy atom. The monoisotopic (exact) mass is 469 g/mol. The molecule has 0 radical (unpaired) electrons. The van der Waals surface area contributed by atoms with Gasteiger partial charge in [0.1, 0.15) is 17.1 Å². The average molecular weight is 470 g/mol. The summed E-state index contributed by atoms with van der Waals surface area (Å²) in [6, 6.07) is 17.8. The predicted octanol–water partition coefficient (Wildman–Crippen LogP) is 5.96. The molecule has 35 heavy (non-hydrogen) atoms. The maximum Gasteiger partial charge on any atom is 0.295 e. The summed E-state index contributed by atoms with van der Waals surface area (Å²) in [5.74, 6) is 1.17. The number of ether oxygens (including phenoxy) is 2. The van der Waals surface area contributed by atoms with Crippen LogP contribution in [-0.2, 0) is 0 Å². The van der Waals surface area contributed by atoms with Crippen LogP contribution in [0.3, 0.4) is 0 Å². The van der Waals surface area contributed by atoms with E-state index in [1.54, 1.807) is 4.90 Å². The van der Waals surface area contributed by atoms with Crippen LogP contribution in [0.25, 0.3) is 11.0 Å². The first kappa shape index (κ1) is 22.7. The molecule has 0 N–H and O–H groups in total. The fourth-order valence-corrected chi connectivity index (χ4v) is 4.59. The highest BCUT2D eigenvalue weighted by atomic mass is 16.5. The summed E-state index contributed by atoms with van der Waals surface area (Å²) < 4.78 is 17.3. The molecule has 1 unspecified atom stereocenters. The second-order valence-corrected chi connectivity index (χ2v) is 8.61. The number of hydrogen-bond donors (Lipinski definition) is 0. The molecule has 5 rings (SSSR count). The predicted molar refractivity (Wildman–Crippen MR) is 136 cm³/mol. The fraction of sp³-hybridized carbons (Fsp3) is 0.241. The molecule has 1 aliphatic heterocycles. The van der Waals surface area contributed by atoms with E-state index in [2.05, 4.69) is 0 Å². The molecular formula is C29H27NO5. The Bertz CT molecular complexity index is 1470. The summed E-state index contributed by atoms with van der Waals surface area (Å²) in [4.78, 5) is 29.2. The van der Waals surface area contributed by atoms with E-state index in [1.165, 1.54) is 0 Å². The van der Waals surface area contributed by atoms with Crippen LogP contribution in [0, 0.1) is 13.8 Å². The van der Waals surface area contributed by atoms with Crippen molar-refractivity contribution in [2.45, 2.75) is 33.7 Å². The van der Waals surface area contributed by atoms with Gasteiger partial charge in [-0.15, -0.1) is 0 Å². The van der Waals surface area contributed by atoms with Gasteiger partial charge in [0, 0.05) is 5.69 Å². The molecule has 6 heteroatoms. The molecule has 1 atom stereocenters. The molecule has 0 saturated carbocycles. The van der Waals surface area contributed by atoms with Crippen molar-refractivity contribution in [3.8, 4) is 11.5 Å².